The Kier molecular flexibility index (Phi) is 6.25. The van der Waals surface area contributed by atoms with E-state index in [9.17, 15) is 19.5 Å². The smallest absolute Gasteiger partial charge is 0.326 e. The first-order chi connectivity index (χ1) is 13.1. The highest BCUT2D eigenvalue weighted by molar-refractivity contribution is 9.10. The number of aliphatic carboxylic acids is 1. The molecule has 6 nitrogen and oxygen atoms in total. The number of carbonyl (C=O) groups excluding carboxylic acids is 2. The number of halogens is 1. The molecule has 1 fully saturated rings. The number of likely N-dealkylation sites (tertiary alicyclic amines) is 1. The van der Waals surface area contributed by atoms with Crippen molar-refractivity contribution in [2.24, 2.45) is 10.8 Å². The molecule has 2 rings (SSSR count). The van der Waals surface area contributed by atoms with E-state index in [4.69, 9.17) is 4.74 Å². The maximum Gasteiger partial charge on any atom is 0.326 e. The number of ether oxygens (including phenoxy) is 1. The first-order valence-electron chi connectivity index (χ1n) is 9.62. The Hall–Kier alpha value is -1.89. The largest absolute Gasteiger partial charge is 0.480 e. The highest BCUT2D eigenvalue weighted by atomic mass is 79.9. The lowest BCUT2D eigenvalue weighted by molar-refractivity contribution is -0.169. The Labute approximate surface area is 180 Å². The van der Waals surface area contributed by atoms with Crippen LogP contribution in [0.4, 0.5) is 0 Å². The van der Waals surface area contributed by atoms with Crippen molar-refractivity contribution in [2.75, 3.05) is 0 Å². The van der Waals surface area contributed by atoms with E-state index in [0.717, 1.165) is 4.47 Å². The molecule has 1 aliphatic heterocycles. The SMILES string of the molecule is CC(C)(C)OC(=O)[C@]1(C)C[C@H](C(=O)O)N(C(=O)C(C)(C)C)[C@@H]1c1ccc(Br)cc1. The summed E-state index contributed by atoms with van der Waals surface area (Å²) in [4.78, 5) is 40.1. The summed E-state index contributed by atoms with van der Waals surface area (Å²) in [5.41, 5.74) is -2.04. The van der Waals surface area contributed by atoms with Crippen molar-refractivity contribution < 1.29 is 24.2 Å². The van der Waals surface area contributed by atoms with E-state index in [-0.39, 0.29) is 12.3 Å². The van der Waals surface area contributed by atoms with Crippen LogP contribution in [0.5, 0.6) is 0 Å². The highest BCUT2D eigenvalue weighted by Crippen LogP contribution is 2.52. The van der Waals surface area contributed by atoms with E-state index in [1.807, 2.05) is 24.3 Å². The van der Waals surface area contributed by atoms with Crippen LogP contribution in [0, 0.1) is 10.8 Å². The summed E-state index contributed by atoms with van der Waals surface area (Å²) in [5, 5.41) is 9.90. The van der Waals surface area contributed by atoms with Crippen LogP contribution in [-0.2, 0) is 19.1 Å². The van der Waals surface area contributed by atoms with Crippen molar-refractivity contribution >= 4 is 33.8 Å². The lowest BCUT2D eigenvalue weighted by atomic mass is 9.77. The van der Waals surface area contributed by atoms with Gasteiger partial charge in [-0.15, -0.1) is 0 Å². The first-order valence-corrected chi connectivity index (χ1v) is 10.4. The molecule has 0 saturated carbocycles. The number of benzene rings is 1. The van der Waals surface area contributed by atoms with Crippen LogP contribution < -0.4 is 0 Å². The molecule has 0 aliphatic carbocycles. The first kappa shape index (κ1) is 23.4. The highest BCUT2D eigenvalue weighted by Gasteiger charge is 2.60. The van der Waals surface area contributed by atoms with Crippen molar-refractivity contribution in [2.45, 2.75) is 72.6 Å². The third-order valence-electron chi connectivity index (χ3n) is 5.05. The zero-order valence-electron chi connectivity index (χ0n) is 18.1. The van der Waals surface area contributed by atoms with Gasteiger partial charge in [0.2, 0.25) is 5.91 Å². The van der Waals surface area contributed by atoms with Crippen molar-refractivity contribution in [3.8, 4) is 0 Å². The predicted octanol–water partition coefficient (Wildman–Crippen LogP) is 4.57. The number of amides is 1. The molecule has 7 heteroatoms. The van der Waals surface area contributed by atoms with E-state index < -0.39 is 40.5 Å². The fraction of sp³-hybridized carbons (Fsp3) is 0.591. The lowest BCUT2D eigenvalue weighted by Gasteiger charge is -2.38. The second-order valence-corrected chi connectivity index (χ2v) is 10.8. The summed E-state index contributed by atoms with van der Waals surface area (Å²) < 4.78 is 6.51. The number of carbonyl (C=O) groups is 3. The van der Waals surface area contributed by atoms with Gasteiger partial charge >= 0.3 is 11.9 Å². The van der Waals surface area contributed by atoms with Gasteiger partial charge in [-0.2, -0.15) is 0 Å². The van der Waals surface area contributed by atoms with Gasteiger partial charge in [0.25, 0.3) is 0 Å². The Morgan fingerprint density at radius 3 is 2.03 bits per heavy atom. The molecule has 1 aliphatic rings. The van der Waals surface area contributed by atoms with Gasteiger partial charge in [-0.25, -0.2) is 4.79 Å². The van der Waals surface area contributed by atoms with E-state index in [1.165, 1.54) is 4.90 Å². The quantitative estimate of drug-likeness (QED) is 0.658. The van der Waals surface area contributed by atoms with Gasteiger partial charge < -0.3 is 14.7 Å². The summed E-state index contributed by atoms with van der Waals surface area (Å²) in [6, 6.07) is 5.39. The van der Waals surface area contributed by atoms with Gasteiger partial charge in [0.15, 0.2) is 0 Å². The summed E-state index contributed by atoms with van der Waals surface area (Å²) in [5.74, 6) is -1.95. The molecule has 29 heavy (non-hydrogen) atoms. The zero-order valence-corrected chi connectivity index (χ0v) is 19.7. The molecule has 0 spiro atoms. The van der Waals surface area contributed by atoms with E-state index >= 15 is 0 Å². The summed E-state index contributed by atoms with van der Waals surface area (Å²) in [7, 11) is 0. The molecule has 1 saturated heterocycles. The number of nitrogens with zero attached hydrogens (tertiary/aromatic N) is 1. The van der Waals surface area contributed by atoms with Crippen molar-refractivity contribution in [3.05, 3.63) is 34.3 Å². The fourth-order valence-electron chi connectivity index (χ4n) is 3.71. The lowest BCUT2D eigenvalue weighted by Crippen LogP contribution is -2.48. The molecule has 1 heterocycles. The average Bonchev–Trinajstić information content (AvgIpc) is 2.87. The van der Waals surface area contributed by atoms with Crippen LogP contribution in [0.15, 0.2) is 28.7 Å². The molecule has 0 aromatic heterocycles. The molecule has 1 N–H and O–H groups in total. The molecule has 0 radical (unpaired) electrons. The van der Waals surface area contributed by atoms with E-state index in [2.05, 4.69) is 15.9 Å². The van der Waals surface area contributed by atoms with Gasteiger partial charge in [-0.05, 0) is 51.8 Å². The molecule has 1 aromatic rings. The minimum Gasteiger partial charge on any atom is -0.480 e. The van der Waals surface area contributed by atoms with Gasteiger partial charge in [0, 0.05) is 9.89 Å². The average molecular weight is 468 g/mol. The maximum atomic E-state index is 13.3. The van der Waals surface area contributed by atoms with E-state index in [0.29, 0.717) is 5.56 Å². The minimum absolute atomic E-state index is 0.0141. The Morgan fingerprint density at radius 1 is 1.10 bits per heavy atom. The van der Waals surface area contributed by atoms with Crippen LogP contribution in [0.25, 0.3) is 0 Å². The Morgan fingerprint density at radius 2 is 1.62 bits per heavy atom. The third-order valence-corrected chi connectivity index (χ3v) is 5.58. The molecule has 3 atom stereocenters. The topological polar surface area (TPSA) is 83.9 Å². The molecular formula is C22H30BrNO5. The van der Waals surface area contributed by atoms with Gasteiger partial charge in [0.05, 0.1) is 11.5 Å². The second kappa shape index (κ2) is 7.74. The molecule has 0 bridgehead atoms. The monoisotopic (exact) mass is 467 g/mol. The van der Waals surface area contributed by atoms with Crippen molar-refractivity contribution in [1.82, 2.24) is 4.90 Å². The summed E-state index contributed by atoms with van der Waals surface area (Å²) >= 11 is 3.40. The van der Waals surface area contributed by atoms with Crippen LogP contribution in [0.1, 0.15) is 66.5 Å². The van der Waals surface area contributed by atoms with Crippen LogP contribution >= 0.6 is 15.9 Å². The van der Waals surface area contributed by atoms with Gasteiger partial charge in [0.1, 0.15) is 11.6 Å². The predicted molar refractivity (Wildman–Crippen MR) is 113 cm³/mol. The number of hydrogen-bond acceptors (Lipinski definition) is 4. The van der Waals surface area contributed by atoms with Crippen molar-refractivity contribution in [3.63, 3.8) is 0 Å². The standard InChI is InChI=1S/C22H30BrNO5/c1-20(2,3)18(27)24-15(17(25)26)12-22(7,19(28)29-21(4,5)6)16(24)13-8-10-14(23)11-9-13/h8-11,15-16H,12H2,1-7H3,(H,25,26)/t15-,16-,22-/m1/s1. The molecule has 1 aromatic carbocycles. The second-order valence-electron chi connectivity index (χ2n) is 9.89. The van der Waals surface area contributed by atoms with E-state index in [1.54, 1.807) is 48.5 Å². The number of carboxylic acids is 1. The van der Waals surface area contributed by atoms with Crippen LogP contribution in [-0.4, -0.2) is 39.5 Å². The van der Waals surface area contributed by atoms with Crippen LogP contribution in [0.3, 0.4) is 0 Å². The number of carboxylic acid groups (broad SMARTS) is 1. The third kappa shape index (κ3) is 4.82. The molecule has 1 amide bonds. The zero-order chi connectivity index (χ0) is 22.4. The number of hydrogen-bond donors (Lipinski definition) is 1. The molecular weight excluding hydrogens is 438 g/mol. The number of esters is 1. The Bertz CT molecular complexity index is 806. The molecule has 160 valence electrons. The maximum absolute atomic E-state index is 13.3. The van der Waals surface area contributed by atoms with Crippen LogP contribution in [0.2, 0.25) is 0 Å². The van der Waals surface area contributed by atoms with Gasteiger partial charge in [-0.3, -0.25) is 9.59 Å². The molecule has 0 unspecified atom stereocenters. The number of rotatable bonds is 3. The summed E-state index contributed by atoms with van der Waals surface area (Å²) in [6.07, 6.45) is -0.0141. The fourth-order valence-corrected chi connectivity index (χ4v) is 3.98. The van der Waals surface area contributed by atoms with Gasteiger partial charge in [-0.1, -0.05) is 48.8 Å². The summed E-state index contributed by atoms with van der Waals surface area (Å²) in [6.45, 7) is 12.2. The Balaban J connectivity index is 2.68. The minimum atomic E-state index is -1.20. The normalized spacial score (nSPS) is 25.0. The van der Waals surface area contributed by atoms with Crippen molar-refractivity contribution in [1.29, 1.82) is 0 Å².